The van der Waals surface area contributed by atoms with Crippen molar-refractivity contribution in [3.8, 4) is 0 Å². The number of rotatable bonds is 5. The first-order valence-electron chi connectivity index (χ1n) is 9.43. The van der Waals surface area contributed by atoms with Crippen LogP contribution in [-0.2, 0) is 17.5 Å². The predicted molar refractivity (Wildman–Crippen MR) is 108 cm³/mol. The van der Waals surface area contributed by atoms with E-state index in [2.05, 4.69) is 15.1 Å². The van der Waals surface area contributed by atoms with Gasteiger partial charge >= 0.3 is 6.18 Å². The Labute approximate surface area is 173 Å². The van der Waals surface area contributed by atoms with Gasteiger partial charge in [-0.25, -0.2) is 0 Å². The number of anilines is 1. The number of nitrogens with zero attached hydrogens (tertiary/aromatic N) is 2. The van der Waals surface area contributed by atoms with Gasteiger partial charge in [-0.3, -0.25) is 9.69 Å². The van der Waals surface area contributed by atoms with Crippen molar-refractivity contribution in [1.82, 2.24) is 10.2 Å². The van der Waals surface area contributed by atoms with Gasteiger partial charge in [-0.2, -0.15) is 13.2 Å². The van der Waals surface area contributed by atoms with Crippen LogP contribution in [0.15, 0.2) is 48.5 Å². The summed E-state index contributed by atoms with van der Waals surface area (Å²) in [6.07, 6.45) is -4.39. The molecule has 2 aromatic rings. The number of halogens is 4. The van der Waals surface area contributed by atoms with Crippen molar-refractivity contribution in [2.24, 2.45) is 0 Å². The fraction of sp³-hybridized carbons (Fsp3) is 0.381. The molecule has 1 fully saturated rings. The largest absolute Gasteiger partial charge is 0.416 e. The molecule has 1 N–H and O–H groups in total. The van der Waals surface area contributed by atoms with Gasteiger partial charge in [0, 0.05) is 32.7 Å². The molecule has 1 heterocycles. The number of para-hydroxylation sites is 1. The number of piperazine rings is 1. The van der Waals surface area contributed by atoms with Gasteiger partial charge in [-0.05, 0) is 36.8 Å². The molecular formula is C21H23ClF3N3O. The highest BCUT2D eigenvalue weighted by Gasteiger charge is 2.30. The summed E-state index contributed by atoms with van der Waals surface area (Å²) in [5, 5.41) is 3.45. The molecule has 1 saturated heterocycles. The number of carbonyl (C=O) groups is 1. The van der Waals surface area contributed by atoms with Crippen molar-refractivity contribution in [1.29, 1.82) is 0 Å². The zero-order valence-corrected chi connectivity index (χ0v) is 16.8. The van der Waals surface area contributed by atoms with Crippen LogP contribution in [0.1, 0.15) is 18.1 Å². The van der Waals surface area contributed by atoms with Crippen LogP contribution in [0.5, 0.6) is 0 Å². The maximum absolute atomic E-state index is 12.8. The number of benzene rings is 2. The van der Waals surface area contributed by atoms with Crippen LogP contribution >= 0.6 is 11.6 Å². The summed E-state index contributed by atoms with van der Waals surface area (Å²) in [5.41, 5.74) is 0.687. The summed E-state index contributed by atoms with van der Waals surface area (Å²) in [7, 11) is 0. The number of hydrogen-bond donors (Lipinski definition) is 1. The van der Waals surface area contributed by atoms with Crippen molar-refractivity contribution < 1.29 is 18.0 Å². The van der Waals surface area contributed by atoms with Crippen LogP contribution in [0, 0.1) is 0 Å². The van der Waals surface area contributed by atoms with Gasteiger partial charge in [0.2, 0.25) is 5.91 Å². The van der Waals surface area contributed by atoms with E-state index >= 15 is 0 Å². The first-order chi connectivity index (χ1) is 13.8. The van der Waals surface area contributed by atoms with Gasteiger partial charge in [0.05, 0.1) is 22.3 Å². The zero-order chi connectivity index (χ0) is 21.0. The van der Waals surface area contributed by atoms with E-state index in [1.807, 2.05) is 31.2 Å². The molecule has 0 aliphatic carbocycles. The second-order valence-electron chi connectivity index (χ2n) is 7.07. The van der Waals surface area contributed by atoms with E-state index in [-0.39, 0.29) is 18.5 Å². The summed E-state index contributed by atoms with van der Waals surface area (Å²) in [5.74, 6) is -0.200. The number of nitrogens with one attached hydrogen (secondary N) is 1. The minimum Gasteiger partial charge on any atom is -0.368 e. The third-order valence-corrected chi connectivity index (χ3v) is 5.48. The average molecular weight is 426 g/mol. The highest BCUT2D eigenvalue weighted by Crippen LogP contribution is 2.29. The molecule has 3 rings (SSSR count). The van der Waals surface area contributed by atoms with Crippen molar-refractivity contribution >= 4 is 23.2 Å². The lowest BCUT2D eigenvalue weighted by Crippen LogP contribution is -2.53. The van der Waals surface area contributed by atoms with E-state index < -0.39 is 11.7 Å². The van der Waals surface area contributed by atoms with Crippen LogP contribution in [-0.4, -0.2) is 43.0 Å². The molecule has 2 aromatic carbocycles. The van der Waals surface area contributed by atoms with E-state index in [4.69, 9.17) is 11.6 Å². The number of hydrogen-bond acceptors (Lipinski definition) is 3. The monoisotopic (exact) mass is 425 g/mol. The lowest BCUT2D eigenvalue weighted by atomic mass is 10.1. The number of alkyl halides is 3. The molecule has 1 aliphatic heterocycles. The Morgan fingerprint density at radius 1 is 1.10 bits per heavy atom. The average Bonchev–Trinajstić information content (AvgIpc) is 2.71. The first-order valence-corrected chi connectivity index (χ1v) is 9.81. The van der Waals surface area contributed by atoms with E-state index in [1.165, 1.54) is 6.07 Å². The van der Waals surface area contributed by atoms with Crippen molar-refractivity contribution in [2.75, 3.05) is 31.1 Å². The molecule has 0 spiro atoms. The molecule has 1 atom stereocenters. The summed E-state index contributed by atoms with van der Waals surface area (Å²) in [6.45, 7) is 4.76. The van der Waals surface area contributed by atoms with Crippen LogP contribution in [0.25, 0.3) is 0 Å². The first kappa shape index (κ1) is 21.5. The summed E-state index contributed by atoms with van der Waals surface area (Å²) in [4.78, 5) is 16.7. The molecule has 8 heteroatoms. The Balaban J connectivity index is 1.52. The smallest absolute Gasteiger partial charge is 0.368 e. The SMILES string of the molecule is C[C@@H](C(=O)NCc1cccc(C(F)(F)F)c1)N1CCN(c2ccccc2Cl)CC1. The Morgan fingerprint density at radius 2 is 1.79 bits per heavy atom. The molecular weight excluding hydrogens is 403 g/mol. The minimum absolute atomic E-state index is 0.0622. The van der Waals surface area contributed by atoms with Gasteiger partial charge in [-0.15, -0.1) is 0 Å². The van der Waals surface area contributed by atoms with Gasteiger partial charge in [0.1, 0.15) is 0 Å². The van der Waals surface area contributed by atoms with Crippen molar-refractivity contribution in [3.63, 3.8) is 0 Å². The normalized spacial score (nSPS) is 16.5. The molecule has 0 saturated carbocycles. The summed E-state index contributed by atoms with van der Waals surface area (Å²) < 4.78 is 38.4. The van der Waals surface area contributed by atoms with Crippen molar-refractivity contribution in [3.05, 3.63) is 64.7 Å². The van der Waals surface area contributed by atoms with E-state index in [9.17, 15) is 18.0 Å². The molecule has 0 bridgehead atoms. The van der Waals surface area contributed by atoms with E-state index in [1.54, 1.807) is 6.07 Å². The van der Waals surface area contributed by atoms with Gasteiger partial charge < -0.3 is 10.2 Å². The van der Waals surface area contributed by atoms with Crippen LogP contribution in [0.2, 0.25) is 5.02 Å². The molecule has 0 unspecified atom stereocenters. The summed E-state index contributed by atoms with van der Waals surface area (Å²) in [6, 6.07) is 12.3. The lowest BCUT2D eigenvalue weighted by Gasteiger charge is -2.38. The van der Waals surface area contributed by atoms with Gasteiger partial charge in [0.25, 0.3) is 0 Å². The molecule has 1 aliphatic rings. The quantitative estimate of drug-likeness (QED) is 0.780. The van der Waals surface area contributed by atoms with E-state index in [0.717, 1.165) is 30.9 Å². The molecule has 1 amide bonds. The second-order valence-corrected chi connectivity index (χ2v) is 7.47. The Kier molecular flexibility index (Phi) is 6.70. The Morgan fingerprint density at radius 3 is 2.45 bits per heavy atom. The number of carbonyl (C=O) groups excluding carboxylic acids is 1. The Bertz CT molecular complexity index is 851. The molecule has 29 heavy (non-hydrogen) atoms. The van der Waals surface area contributed by atoms with Crippen LogP contribution < -0.4 is 10.2 Å². The third kappa shape index (κ3) is 5.42. The highest BCUT2D eigenvalue weighted by atomic mass is 35.5. The molecule has 0 radical (unpaired) electrons. The highest BCUT2D eigenvalue weighted by molar-refractivity contribution is 6.33. The topological polar surface area (TPSA) is 35.6 Å². The zero-order valence-electron chi connectivity index (χ0n) is 16.0. The second kappa shape index (κ2) is 9.05. The van der Waals surface area contributed by atoms with E-state index in [0.29, 0.717) is 23.7 Å². The predicted octanol–water partition coefficient (Wildman–Crippen LogP) is 4.19. The maximum atomic E-state index is 12.8. The molecule has 0 aromatic heterocycles. The van der Waals surface area contributed by atoms with Crippen LogP contribution in [0.4, 0.5) is 18.9 Å². The van der Waals surface area contributed by atoms with Gasteiger partial charge in [-0.1, -0.05) is 35.9 Å². The molecule has 156 valence electrons. The van der Waals surface area contributed by atoms with Gasteiger partial charge in [0.15, 0.2) is 0 Å². The van der Waals surface area contributed by atoms with Crippen molar-refractivity contribution in [2.45, 2.75) is 25.7 Å². The standard InChI is InChI=1S/C21H23ClF3N3O/c1-15(20(29)26-14-16-5-4-6-17(13-16)21(23,24)25)27-9-11-28(12-10-27)19-8-3-2-7-18(19)22/h2-8,13,15H,9-12,14H2,1H3,(H,26,29)/t15-/m0/s1. The maximum Gasteiger partial charge on any atom is 0.416 e. The third-order valence-electron chi connectivity index (χ3n) is 5.16. The number of amides is 1. The summed E-state index contributed by atoms with van der Waals surface area (Å²) >= 11 is 6.26. The fourth-order valence-corrected chi connectivity index (χ4v) is 3.67. The minimum atomic E-state index is -4.39. The Hall–Kier alpha value is -2.25. The fourth-order valence-electron chi connectivity index (χ4n) is 3.42. The molecule has 4 nitrogen and oxygen atoms in total. The lowest BCUT2D eigenvalue weighted by molar-refractivity contribution is -0.137. The van der Waals surface area contributed by atoms with Crippen LogP contribution in [0.3, 0.4) is 0 Å².